The predicted octanol–water partition coefficient (Wildman–Crippen LogP) is 1.48. The Morgan fingerprint density at radius 2 is 2.06 bits per heavy atom. The van der Waals surface area contributed by atoms with Crippen molar-refractivity contribution in [1.82, 2.24) is 19.8 Å². The van der Waals surface area contributed by atoms with Crippen molar-refractivity contribution in [1.29, 1.82) is 0 Å². The summed E-state index contributed by atoms with van der Waals surface area (Å²) < 4.78 is 12.4. The number of aromatic nitrogens is 2. The van der Waals surface area contributed by atoms with Crippen LogP contribution in [0.5, 0.6) is 5.75 Å². The Balaban J connectivity index is 1.43. The van der Waals surface area contributed by atoms with Gasteiger partial charge in [0.05, 0.1) is 29.0 Å². The van der Waals surface area contributed by atoms with Crippen LogP contribution in [0.1, 0.15) is 30.0 Å². The van der Waals surface area contributed by atoms with Gasteiger partial charge >= 0.3 is 12.1 Å². The Bertz CT molecular complexity index is 1460. The van der Waals surface area contributed by atoms with Crippen LogP contribution in [0, 0.1) is 0 Å². The van der Waals surface area contributed by atoms with E-state index in [0.717, 1.165) is 18.7 Å². The number of rotatable bonds is 2. The van der Waals surface area contributed by atoms with E-state index >= 15 is 0 Å². The van der Waals surface area contributed by atoms with Gasteiger partial charge in [0.15, 0.2) is 5.60 Å². The maximum absolute atomic E-state index is 13.3. The summed E-state index contributed by atoms with van der Waals surface area (Å²) in [7, 11) is 0. The molecule has 0 unspecified atom stereocenters. The Morgan fingerprint density at radius 1 is 1.26 bits per heavy atom. The van der Waals surface area contributed by atoms with Gasteiger partial charge < -0.3 is 29.4 Å². The molecular formula is C25H24N4O6. The molecule has 0 bridgehead atoms. The zero-order valence-corrected chi connectivity index (χ0v) is 19.2. The van der Waals surface area contributed by atoms with Crippen LogP contribution in [0.25, 0.3) is 22.3 Å². The summed E-state index contributed by atoms with van der Waals surface area (Å²) in [6.45, 7) is 4.38. The highest BCUT2D eigenvalue weighted by Gasteiger charge is 2.45. The first-order valence-electron chi connectivity index (χ1n) is 11.7. The van der Waals surface area contributed by atoms with Gasteiger partial charge in [-0.1, -0.05) is 13.0 Å². The molecule has 0 saturated carbocycles. The van der Waals surface area contributed by atoms with Crippen LogP contribution >= 0.6 is 0 Å². The molecule has 5 heterocycles. The van der Waals surface area contributed by atoms with Gasteiger partial charge in [-0.3, -0.25) is 4.79 Å². The highest BCUT2D eigenvalue weighted by Crippen LogP contribution is 2.39. The molecule has 1 aromatic carbocycles. The van der Waals surface area contributed by atoms with Gasteiger partial charge in [0.25, 0.3) is 5.56 Å². The summed E-state index contributed by atoms with van der Waals surface area (Å²) in [4.78, 5) is 44.8. The van der Waals surface area contributed by atoms with Gasteiger partial charge in [-0.05, 0) is 30.7 Å². The Morgan fingerprint density at radius 3 is 2.83 bits per heavy atom. The number of cyclic esters (lactones) is 1. The van der Waals surface area contributed by atoms with Crippen LogP contribution in [-0.4, -0.2) is 57.8 Å². The van der Waals surface area contributed by atoms with Crippen LogP contribution < -0.4 is 15.6 Å². The largest absolute Gasteiger partial charge is 0.458 e. The molecule has 3 aliphatic heterocycles. The maximum Gasteiger partial charge on any atom is 0.415 e. The van der Waals surface area contributed by atoms with Crippen molar-refractivity contribution in [2.45, 2.75) is 32.1 Å². The van der Waals surface area contributed by atoms with Crippen molar-refractivity contribution in [3.63, 3.8) is 0 Å². The summed E-state index contributed by atoms with van der Waals surface area (Å²) in [5.74, 6) is -0.347. The molecule has 10 nitrogen and oxygen atoms in total. The second-order valence-corrected chi connectivity index (χ2v) is 9.03. The third kappa shape index (κ3) is 3.24. The van der Waals surface area contributed by atoms with Crippen LogP contribution in [0.3, 0.4) is 0 Å². The standard InChI is InChI=1S/C25H24N4O6/c1-2-25(33)17-11-19-21-14(12-29(19)22(30)16(17)13-34-23(25)31)10-15-18(27-21)4-3-5-20(15)35-24(32)28-8-6-26-7-9-28/h3-5,10-11,26,33H,2,6-9,12-13H2,1H3/t25-/m0/s1. The normalized spacial score (nSPS) is 20.7. The molecule has 180 valence electrons. The lowest BCUT2D eigenvalue weighted by atomic mass is 9.86. The number of ether oxygens (including phenoxy) is 2. The monoisotopic (exact) mass is 476 g/mol. The van der Waals surface area contributed by atoms with E-state index in [1.165, 1.54) is 0 Å². The quantitative estimate of drug-likeness (QED) is 0.417. The molecule has 1 amide bonds. The number of nitrogens with one attached hydrogen (secondary N) is 1. The zero-order chi connectivity index (χ0) is 24.3. The SMILES string of the molecule is CC[C@@]1(O)C(=O)OCc2c1cc1n(c2=O)Cc2cc3c(OC(=O)N4CCNCC4)cccc3nc2-1. The van der Waals surface area contributed by atoms with Crippen molar-refractivity contribution in [2.75, 3.05) is 26.2 Å². The fraction of sp³-hybridized carbons (Fsp3) is 0.360. The van der Waals surface area contributed by atoms with Crippen molar-refractivity contribution >= 4 is 23.0 Å². The fourth-order valence-electron chi connectivity index (χ4n) is 5.07. The van der Waals surface area contributed by atoms with Gasteiger partial charge in [-0.15, -0.1) is 0 Å². The van der Waals surface area contributed by atoms with E-state index in [1.807, 2.05) is 12.1 Å². The number of esters is 1. The van der Waals surface area contributed by atoms with E-state index in [1.54, 1.807) is 34.6 Å². The smallest absolute Gasteiger partial charge is 0.415 e. The first-order chi connectivity index (χ1) is 16.9. The highest BCUT2D eigenvalue weighted by molar-refractivity contribution is 5.91. The predicted molar refractivity (Wildman–Crippen MR) is 125 cm³/mol. The third-order valence-electron chi connectivity index (χ3n) is 7.08. The Labute approximate surface area is 200 Å². The lowest BCUT2D eigenvalue weighted by Gasteiger charge is -2.31. The first-order valence-corrected chi connectivity index (χ1v) is 11.7. The van der Waals surface area contributed by atoms with E-state index in [2.05, 4.69) is 5.32 Å². The number of amides is 1. The van der Waals surface area contributed by atoms with E-state index < -0.39 is 17.7 Å². The number of fused-ring (bicyclic) bond motifs is 5. The molecule has 0 aliphatic carbocycles. The average molecular weight is 476 g/mol. The van der Waals surface area contributed by atoms with Crippen LogP contribution in [-0.2, 0) is 28.3 Å². The maximum atomic E-state index is 13.3. The zero-order valence-electron chi connectivity index (χ0n) is 19.2. The molecular weight excluding hydrogens is 452 g/mol. The van der Waals surface area contributed by atoms with E-state index in [-0.39, 0.29) is 36.3 Å². The molecule has 2 N–H and O–H groups in total. The number of nitrogens with zero attached hydrogens (tertiary/aromatic N) is 3. The Kier molecular flexibility index (Phi) is 4.90. The molecule has 3 aliphatic rings. The average Bonchev–Trinajstić information content (AvgIpc) is 3.24. The second-order valence-electron chi connectivity index (χ2n) is 9.03. The van der Waals surface area contributed by atoms with E-state index in [9.17, 15) is 19.5 Å². The van der Waals surface area contributed by atoms with Crippen LogP contribution in [0.4, 0.5) is 4.79 Å². The van der Waals surface area contributed by atoms with Crippen molar-refractivity contribution in [3.8, 4) is 17.1 Å². The summed E-state index contributed by atoms with van der Waals surface area (Å²) in [6.07, 6.45) is -0.322. The Hall–Kier alpha value is -3.76. The van der Waals surface area contributed by atoms with Gasteiger partial charge in [0, 0.05) is 42.7 Å². The molecule has 3 aromatic rings. The highest BCUT2D eigenvalue weighted by atomic mass is 16.6. The van der Waals surface area contributed by atoms with Crippen molar-refractivity contribution in [3.05, 3.63) is 57.4 Å². The van der Waals surface area contributed by atoms with Crippen LogP contribution in [0.15, 0.2) is 35.1 Å². The number of pyridine rings is 2. The van der Waals surface area contributed by atoms with Gasteiger partial charge in [-0.25, -0.2) is 14.6 Å². The van der Waals surface area contributed by atoms with Crippen molar-refractivity contribution < 1.29 is 24.2 Å². The lowest BCUT2D eigenvalue weighted by Crippen LogP contribution is -2.47. The minimum atomic E-state index is -1.87. The summed E-state index contributed by atoms with van der Waals surface area (Å²) >= 11 is 0. The number of benzene rings is 1. The van der Waals surface area contributed by atoms with Gasteiger partial charge in [0.1, 0.15) is 12.4 Å². The number of piperazine rings is 1. The van der Waals surface area contributed by atoms with E-state index in [0.29, 0.717) is 41.1 Å². The number of carbonyl (C=O) groups excluding carboxylic acids is 2. The third-order valence-corrected chi connectivity index (χ3v) is 7.08. The molecule has 1 fully saturated rings. The minimum absolute atomic E-state index is 0.0849. The molecule has 10 heteroatoms. The molecule has 2 aromatic heterocycles. The lowest BCUT2D eigenvalue weighted by molar-refractivity contribution is -0.172. The van der Waals surface area contributed by atoms with E-state index in [4.69, 9.17) is 14.5 Å². The molecule has 1 atom stereocenters. The minimum Gasteiger partial charge on any atom is -0.458 e. The number of carbonyl (C=O) groups is 2. The second kappa shape index (κ2) is 7.89. The molecule has 6 rings (SSSR count). The topological polar surface area (TPSA) is 123 Å². The van der Waals surface area contributed by atoms with Crippen LogP contribution in [0.2, 0.25) is 0 Å². The molecule has 0 radical (unpaired) electrons. The summed E-state index contributed by atoms with van der Waals surface area (Å²) in [5, 5.41) is 14.9. The first kappa shape index (κ1) is 21.8. The molecule has 35 heavy (non-hydrogen) atoms. The summed E-state index contributed by atoms with van der Waals surface area (Å²) in [6, 6.07) is 8.88. The van der Waals surface area contributed by atoms with Gasteiger partial charge in [-0.2, -0.15) is 0 Å². The molecule has 0 spiro atoms. The number of aliphatic hydroxyl groups is 1. The molecule has 1 saturated heterocycles. The van der Waals surface area contributed by atoms with Gasteiger partial charge in [0.2, 0.25) is 0 Å². The fourth-order valence-corrected chi connectivity index (χ4v) is 5.07. The number of hydrogen-bond donors (Lipinski definition) is 2. The van der Waals surface area contributed by atoms with Crippen molar-refractivity contribution in [2.24, 2.45) is 0 Å². The number of hydrogen-bond acceptors (Lipinski definition) is 8. The summed E-state index contributed by atoms with van der Waals surface area (Å²) in [5.41, 5.74) is 0.905.